The van der Waals surface area contributed by atoms with Gasteiger partial charge in [0.2, 0.25) is 0 Å². The van der Waals surface area contributed by atoms with Crippen molar-refractivity contribution in [2.75, 3.05) is 26.4 Å². The Balaban J connectivity index is -0.0000000917. The lowest BCUT2D eigenvalue weighted by Gasteiger charge is -2.20. The molecule has 7 N–H and O–H groups in total. The molecule has 0 fully saturated rings. The van der Waals surface area contributed by atoms with Gasteiger partial charge in [-0.25, -0.2) is 14.4 Å². The first-order valence-corrected chi connectivity index (χ1v) is 9.13. The Morgan fingerprint density at radius 1 is 0.677 bits per heavy atom. The normalized spacial score (nSPS) is 8.81. The molecule has 0 saturated heterocycles. The van der Waals surface area contributed by atoms with E-state index in [1.807, 2.05) is 0 Å². The highest BCUT2D eigenvalue weighted by Gasteiger charge is 2.20. The first-order valence-electron chi connectivity index (χ1n) is 9.13. The second-order valence-electron chi connectivity index (χ2n) is 6.62. The van der Waals surface area contributed by atoms with Crippen molar-refractivity contribution < 1.29 is 50.1 Å². The molecule has 0 amide bonds. The highest BCUT2D eigenvalue weighted by molar-refractivity contribution is 5.85. The molecule has 0 aromatic rings. The van der Waals surface area contributed by atoms with Gasteiger partial charge >= 0.3 is 17.9 Å². The SMILES string of the molecule is C=C(C)C(=O)O.C=C(C)C(=O)O.C=C(C)C(=O)O.CC(CO)(CO)CO.CCCCO. The Hall–Kier alpha value is -2.53. The highest BCUT2D eigenvalue weighted by atomic mass is 16.4. The molecule has 184 valence electrons. The molecular formula is C21H40O10. The van der Waals surface area contributed by atoms with Crippen LogP contribution in [0.1, 0.15) is 47.5 Å². The van der Waals surface area contributed by atoms with E-state index in [4.69, 9.17) is 35.7 Å². The number of rotatable bonds is 8. The summed E-state index contributed by atoms with van der Waals surface area (Å²) in [6, 6.07) is 0. The van der Waals surface area contributed by atoms with Crippen LogP contribution in [0.5, 0.6) is 0 Å². The van der Waals surface area contributed by atoms with E-state index in [-0.39, 0.29) is 36.5 Å². The Labute approximate surface area is 184 Å². The third-order valence-electron chi connectivity index (χ3n) is 2.75. The van der Waals surface area contributed by atoms with Crippen LogP contribution < -0.4 is 0 Å². The van der Waals surface area contributed by atoms with Crippen molar-refractivity contribution in [1.82, 2.24) is 0 Å². The summed E-state index contributed by atoms with van der Waals surface area (Å²) in [5, 5.41) is 57.1. The Kier molecular flexibility index (Phi) is 32.1. The predicted molar refractivity (Wildman–Crippen MR) is 119 cm³/mol. The maximum atomic E-state index is 9.60. The number of carboxylic acids is 3. The second-order valence-corrected chi connectivity index (χ2v) is 6.62. The molecule has 0 spiro atoms. The van der Waals surface area contributed by atoms with Crippen molar-refractivity contribution >= 4 is 17.9 Å². The first-order chi connectivity index (χ1) is 14.0. The molecule has 0 saturated carbocycles. The van der Waals surface area contributed by atoms with E-state index in [9.17, 15) is 14.4 Å². The molecule has 0 aromatic carbocycles. The summed E-state index contributed by atoms with van der Waals surface area (Å²) in [5.74, 6) is -2.81. The minimum absolute atomic E-state index is 0.176. The second kappa shape index (κ2) is 25.5. The lowest BCUT2D eigenvalue weighted by molar-refractivity contribution is -0.133. The van der Waals surface area contributed by atoms with Gasteiger partial charge in [-0.2, -0.15) is 0 Å². The van der Waals surface area contributed by atoms with Gasteiger partial charge in [0.15, 0.2) is 0 Å². The maximum absolute atomic E-state index is 9.60. The fourth-order valence-corrected chi connectivity index (χ4v) is 0.308. The fraction of sp³-hybridized carbons (Fsp3) is 0.571. The molecule has 0 radical (unpaired) electrons. The third kappa shape index (κ3) is 42.5. The van der Waals surface area contributed by atoms with Crippen LogP contribution in [-0.2, 0) is 14.4 Å². The molecule has 0 heterocycles. The van der Waals surface area contributed by atoms with E-state index in [2.05, 4.69) is 26.7 Å². The Morgan fingerprint density at radius 2 is 0.871 bits per heavy atom. The topological polar surface area (TPSA) is 193 Å². The third-order valence-corrected chi connectivity index (χ3v) is 2.75. The summed E-state index contributed by atoms with van der Waals surface area (Å²) < 4.78 is 0. The van der Waals surface area contributed by atoms with Gasteiger partial charge in [0.05, 0.1) is 19.8 Å². The monoisotopic (exact) mass is 452 g/mol. The fourth-order valence-electron chi connectivity index (χ4n) is 0.308. The number of unbranched alkanes of at least 4 members (excludes halogenated alkanes) is 1. The van der Waals surface area contributed by atoms with Gasteiger partial charge in [0, 0.05) is 28.7 Å². The van der Waals surface area contributed by atoms with Crippen LogP contribution >= 0.6 is 0 Å². The van der Waals surface area contributed by atoms with Gasteiger partial charge in [0.1, 0.15) is 0 Å². The number of aliphatic carboxylic acids is 3. The zero-order valence-corrected chi connectivity index (χ0v) is 19.2. The average molecular weight is 453 g/mol. The first kappa shape index (κ1) is 39.0. The van der Waals surface area contributed by atoms with E-state index in [0.717, 1.165) is 12.8 Å². The molecule has 0 aliphatic heterocycles. The van der Waals surface area contributed by atoms with E-state index in [1.54, 1.807) is 6.92 Å². The molecule has 0 aliphatic carbocycles. The Morgan fingerprint density at radius 3 is 0.871 bits per heavy atom. The van der Waals surface area contributed by atoms with Crippen molar-refractivity contribution in [2.24, 2.45) is 5.41 Å². The minimum atomic E-state index is -0.935. The van der Waals surface area contributed by atoms with Crippen LogP contribution in [0.3, 0.4) is 0 Å². The summed E-state index contributed by atoms with van der Waals surface area (Å²) in [6.45, 7) is 17.3. The van der Waals surface area contributed by atoms with Crippen molar-refractivity contribution in [3.8, 4) is 0 Å². The number of carbonyl (C=O) groups is 3. The average Bonchev–Trinajstić information content (AvgIpc) is 2.69. The molecule has 0 unspecified atom stereocenters. The minimum Gasteiger partial charge on any atom is -0.478 e. The smallest absolute Gasteiger partial charge is 0.330 e. The molecule has 31 heavy (non-hydrogen) atoms. The van der Waals surface area contributed by atoms with Gasteiger partial charge in [-0.3, -0.25) is 0 Å². The summed E-state index contributed by atoms with van der Waals surface area (Å²) in [4.78, 5) is 28.8. The van der Waals surface area contributed by atoms with E-state index in [0.29, 0.717) is 6.61 Å². The molecule has 0 atom stereocenters. The Bertz CT molecular complexity index is 431. The summed E-state index contributed by atoms with van der Waals surface area (Å²) >= 11 is 0. The van der Waals surface area contributed by atoms with Crippen molar-refractivity contribution in [3.05, 3.63) is 36.5 Å². The van der Waals surface area contributed by atoms with Gasteiger partial charge in [-0.1, -0.05) is 40.0 Å². The molecule has 0 rings (SSSR count). The summed E-state index contributed by atoms with van der Waals surface area (Å²) in [5.41, 5.74) is -0.181. The van der Waals surface area contributed by atoms with E-state index >= 15 is 0 Å². The van der Waals surface area contributed by atoms with Crippen LogP contribution in [0, 0.1) is 5.41 Å². The number of carboxylic acid groups (broad SMARTS) is 3. The maximum Gasteiger partial charge on any atom is 0.330 e. The quantitative estimate of drug-likeness (QED) is 0.266. The molecule has 0 aliphatic rings. The van der Waals surface area contributed by atoms with Gasteiger partial charge in [-0.05, 0) is 27.2 Å². The van der Waals surface area contributed by atoms with Gasteiger partial charge in [0.25, 0.3) is 0 Å². The van der Waals surface area contributed by atoms with Crippen LogP contribution in [0.15, 0.2) is 36.5 Å². The lowest BCUT2D eigenvalue weighted by atomic mass is 9.95. The van der Waals surface area contributed by atoms with Crippen molar-refractivity contribution in [1.29, 1.82) is 0 Å². The standard InChI is InChI=1S/C5H12O3.3C4H6O2.C4H10O/c1-5(2-6,3-7)4-8;3*1-3(2)4(5)6;1-2-3-4-5/h6-8H,2-4H2,1H3;3*1H2,2H3,(H,5,6);5H,2-4H2,1H3. The van der Waals surface area contributed by atoms with Crippen molar-refractivity contribution in [3.63, 3.8) is 0 Å². The van der Waals surface area contributed by atoms with Gasteiger partial charge in [-0.15, -0.1) is 0 Å². The van der Waals surface area contributed by atoms with E-state index < -0.39 is 23.3 Å². The summed E-state index contributed by atoms with van der Waals surface area (Å²) in [6.07, 6.45) is 2.04. The molecule has 0 aromatic heterocycles. The van der Waals surface area contributed by atoms with Crippen LogP contribution in [0.2, 0.25) is 0 Å². The zero-order valence-electron chi connectivity index (χ0n) is 19.2. The number of aliphatic hydroxyl groups excluding tert-OH is 4. The largest absolute Gasteiger partial charge is 0.478 e. The lowest BCUT2D eigenvalue weighted by Crippen LogP contribution is -2.29. The van der Waals surface area contributed by atoms with Gasteiger partial charge < -0.3 is 35.7 Å². The van der Waals surface area contributed by atoms with Crippen LogP contribution in [-0.4, -0.2) is 80.1 Å². The number of hydrogen-bond donors (Lipinski definition) is 7. The molecule has 0 bridgehead atoms. The molecular weight excluding hydrogens is 412 g/mol. The van der Waals surface area contributed by atoms with Crippen molar-refractivity contribution in [2.45, 2.75) is 47.5 Å². The van der Waals surface area contributed by atoms with Crippen LogP contribution in [0.25, 0.3) is 0 Å². The molecule has 10 nitrogen and oxygen atoms in total. The highest BCUT2D eigenvalue weighted by Crippen LogP contribution is 2.10. The number of hydrogen-bond acceptors (Lipinski definition) is 7. The predicted octanol–water partition coefficient (Wildman–Crippen LogP) is 1.69. The molecule has 10 heteroatoms. The number of aliphatic hydroxyl groups is 4. The van der Waals surface area contributed by atoms with E-state index in [1.165, 1.54) is 20.8 Å². The van der Waals surface area contributed by atoms with Crippen LogP contribution in [0.4, 0.5) is 0 Å². The zero-order chi connectivity index (χ0) is 26.2. The summed E-state index contributed by atoms with van der Waals surface area (Å²) in [7, 11) is 0.